The Balaban J connectivity index is 1.81. The molecule has 2 heterocycles. The summed E-state index contributed by atoms with van der Waals surface area (Å²) in [4.78, 5) is 2.39. The van der Waals surface area contributed by atoms with Crippen LogP contribution in [-0.4, -0.2) is 25.6 Å². The molecule has 0 spiro atoms. The fourth-order valence-electron chi connectivity index (χ4n) is 3.42. The zero-order valence-corrected chi connectivity index (χ0v) is 13.7. The molecule has 1 unspecified atom stereocenters. The summed E-state index contributed by atoms with van der Waals surface area (Å²) in [5.74, 6) is 1.38. The molecule has 1 aliphatic heterocycles. The van der Waals surface area contributed by atoms with Gasteiger partial charge in [-0.3, -0.25) is 0 Å². The molecule has 3 heteroatoms. The number of thiophene rings is 1. The lowest BCUT2D eigenvalue weighted by atomic mass is 9.84. The highest BCUT2D eigenvalue weighted by atomic mass is 32.1. The molecule has 22 heavy (non-hydrogen) atoms. The molecule has 3 aromatic rings. The minimum atomic E-state index is 0.436. The van der Waals surface area contributed by atoms with Crippen LogP contribution >= 0.6 is 11.3 Å². The van der Waals surface area contributed by atoms with Crippen molar-refractivity contribution in [2.45, 2.75) is 12.5 Å². The number of benzene rings is 2. The van der Waals surface area contributed by atoms with Crippen molar-refractivity contribution >= 4 is 21.4 Å². The monoisotopic (exact) mass is 309 g/mol. The third-order valence-corrected chi connectivity index (χ3v) is 5.42. The van der Waals surface area contributed by atoms with Crippen molar-refractivity contribution in [1.29, 1.82) is 0 Å². The summed E-state index contributed by atoms with van der Waals surface area (Å²) in [6.45, 7) is 2.06. The number of hydrogen-bond acceptors (Lipinski definition) is 3. The lowest BCUT2D eigenvalue weighted by molar-refractivity contribution is 0.294. The number of rotatable bonds is 2. The lowest BCUT2D eigenvalue weighted by Crippen LogP contribution is -2.30. The first kappa shape index (κ1) is 13.8. The molecule has 0 radical (unpaired) electrons. The van der Waals surface area contributed by atoms with E-state index in [1.54, 1.807) is 7.11 Å². The van der Waals surface area contributed by atoms with Gasteiger partial charge in [0.15, 0.2) is 0 Å². The zero-order chi connectivity index (χ0) is 15.1. The van der Waals surface area contributed by atoms with Gasteiger partial charge in [-0.05, 0) is 58.8 Å². The van der Waals surface area contributed by atoms with E-state index in [0.29, 0.717) is 5.92 Å². The highest BCUT2D eigenvalue weighted by Crippen LogP contribution is 2.36. The lowest BCUT2D eigenvalue weighted by Gasteiger charge is -2.33. The molecule has 112 valence electrons. The van der Waals surface area contributed by atoms with E-state index in [4.69, 9.17) is 4.74 Å². The van der Waals surface area contributed by atoms with E-state index in [0.717, 1.165) is 18.8 Å². The summed E-state index contributed by atoms with van der Waals surface area (Å²) in [7, 11) is 3.93. The summed E-state index contributed by atoms with van der Waals surface area (Å²) in [6, 6.07) is 15.6. The van der Waals surface area contributed by atoms with Gasteiger partial charge in [0.05, 0.1) is 7.11 Å². The van der Waals surface area contributed by atoms with Crippen molar-refractivity contribution in [2.24, 2.45) is 0 Å². The normalized spacial score (nSPS) is 18.4. The number of hydrogen-bond donors (Lipinski definition) is 0. The Kier molecular flexibility index (Phi) is 3.40. The standard InChI is InChI=1S/C19H19NOS/c1-20-11-15-9-16(21-2)5-6-17(15)18(12-20)14-4-3-13-7-8-22-19(13)10-14/h3-10,18H,11-12H2,1-2H3. The summed E-state index contributed by atoms with van der Waals surface area (Å²) in [5, 5.41) is 3.51. The van der Waals surface area contributed by atoms with E-state index in [1.807, 2.05) is 11.3 Å². The number of likely N-dealkylation sites (N-methyl/N-ethyl adjacent to an activating group) is 1. The Hall–Kier alpha value is -1.84. The van der Waals surface area contributed by atoms with Gasteiger partial charge >= 0.3 is 0 Å². The van der Waals surface area contributed by atoms with Gasteiger partial charge in [-0.25, -0.2) is 0 Å². The topological polar surface area (TPSA) is 12.5 Å². The molecule has 0 saturated carbocycles. The molecule has 0 saturated heterocycles. The van der Waals surface area contributed by atoms with Gasteiger partial charge in [0.25, 0.3) is 0 Å². The van der Waals surface area contributed by atoms with E-state index in [9.17, 15) is 0 Å². The quantitative estimate of drug-likeness (QED) is 0.691. The second kappa shape index (κ2) is 5.41. The van der Waals surface area contributed by atoms with Crippen molar-refractivity contribution in [1.82, 2.24) is 4.90 Å². The van der Waals surface area contributed by atoms with Crippen LogP contribution in [0.15, 0.2) is 47.8 Å². The Bertz CT molecular complexity index is 823. The van der Waals surface area contributed by atoms with Gasteiger partial charge in [-0.2, -0.15) is 0 Å². The first-order valence-electron chi connectivity index (χ1n) is 7.57. The number of ether oxygens (including phenoxy) is 1. The van der Waals surface area contributed by atoms with Crippen LogP contribution in [0.1, 0.15) is 22.6 Å². The fraction of sp³-hybridized carbons (Fsp3) is 0.263. The summed E-state index contributed by atoms with van der Waals surface area (Å²) < 4.78 is 6.76. The van der Waals surface area contributed by atoms with Crippen molar-refractivity contribution in [3.63, 3.8) is 0 Å². The second-order valence-corrected chi connectivity index (χ2v) is 6.98. The molecular weight excluding hydrogens is 290 g/mol. The van der Waals surface area contributed by atoms with Crippen LogP contribution in [0.2, 0.25) is 0 Å². The predicted octanol–water partition coefficient (Wildman–Crippen LogP) is 4.49. The molecule has 2 nitrogen and oxygen atoms in total. The maximum absolute atomic E-state index is 5.39. The Morgan fingerprint density at radius 1 is 1.14 bits per heavy atom. The van der Waals surface area contributed by atoms with Gasteiger partial charge in [-0.15, -0.1) is 11.3 Å². The largest absolute Gasteiger partial charge is 0.497 e. The molecule has 0 amide bonds. The third-order valence-electron chi connectivity index (χ3n) is 4.54. The number of methoxy groups -OCH3 is 1. The molecule has 1 aromatic heterocycles. The molecule has 0 N–H and O–H groups in total. The second-order valence-electron chi connectivity index (χ2n) is 6.03. The van der Waals surface area contributed by atoms with E-state index < -0.39 is 0 Å². The van der Waals surface area contributed by atoms with Crippen molar-refractivity contribution in [3.8, 4) is 5.75 Å². The predicted molar refractivity (Wildman–Crippen MR) is 93.0 cm³/mol. The Labute approximate surface area is 135 Å². The minimum absolute atomic E-state index is 0.436. The smallest absolute Gasteiger partial charge is 0.119 e. The van der Waals surface area contributed by atoms with E-state index in [-0.39, 0.29) is 0 Å². The molecule has 1 atom stereocenters. The van der Waals surface area contributed by atoms with Crippen LogP contribution < -0.4 is 4.74 Å². The highest BCUT2D eigenvalue weighted by molar-refractivity contribution is 7.17. The van der Waals surface area contributed by atoms with Crippen LogP contribution in [0, 0.1) is 0 Å². The van der Waals surface area contributed by atoms with Gasteiger partial charge in [0.1, 0.15) is 5.75 Å². The first-order valence-corrected chi connectivity index (χ1v) is 8.45. The highest BCUT2D eigenvalue weighted by Gasteiger charge is 2.25. The summed E-state index contributed by atoms with van der Waals surface area (Å²) in [6.07, 6.45) is 0. The minimum Gasteiger partial charge on any atom is -0.497 e. The van der Waals surface area contributed by atoms with Gasteiger partial charge < -0.3 is 9.64 Å². The van der Waals surface area contributed by atoms with Gasteiger partial charge in [-0.1, -0.05) is 18.2 Å². The number of fused-ring (bicyclic) bond motifs is 2. The van der Waals surface area contributed by atoms with Crippen molar-refractivity contribution in [2.75, 3.05) is 20.7 Å². The zero-order valence-electron chi connectivity index (χ0n) is 12.9. The SMILES string of the molecule is COc1ccc2c(c1)CN(C)CC2c1ccc2ccsc2c1. The van der Waals surface area contributed by atoms with Gasteiger partial charge in [0, 0.05) is 23.7 Å². The molecule has 0 aliphatic carbocycles. The van der Waals surface area contributed by atoms with Crippen molar-refractivity contribution < 1.29 is 4.74 Å². The maximum Gasteiger partial charge on any atom is 0.119 e. The fourth-order valence-corrected chi connectivity index (χ4v) is 4.26. The van der Waals surface area contributed by atoms with Crippen LogP contribution in [0.4, 0.5) is 0 Å². The third kappa shape index (κ3) is 2.31. The van der Waals surface area contributed by atoms with Crippen molar-refractivity contribution in [3.05, 3.63) is 64.5 Å². The van der Waals surface area contributed by atoms with Gasteiger partial charge in [0.2, 0.25) is 0 Å². The average Bonchev–Trinajstić information content (AvgIpc) is 3.00. The maximum atomic E-state index is 5.39. The molecule has 0 fully saturated rings. The van der Waals surface area contributed by atoms with E-state index >= 15 is 0 Å². The molecule has 1 aliphatic rings. The number of nitrogens with zero attached hydrogens (tertiary/aromatic N) is 1. The summed E-state index contributed by atoms with van der Waals surface area (Å²) >= 11 is 1.82. The molecule has 4 rings (SSSR count). The molecule has 2 aromatic carbocycles. The van der Waals surface area contributed by atoms with E-state index in [2.05, 4.69) is 59.8 Å². The van der Waals surface area contributed by atoms with E-state index in [1.165, 1.54) is 26.8 Å². The van der Waals surface area contributed by atoms with Crippen LogP contribution in [0.5, 0.6) is 5.75 Å². The average molecular weight is 309 g/mol. The Morgan fingerprint density at radius 3 is 2.91 bits per heavy atom. The molecule has 0 bridgehead atoms. The van der Waals surface area contributed by atoms with Crippen LogP contribution in [-0.2, 0) is 6.54 Å². The first-order chi connectivity index (χ1) is 10.7. The van der Waals surface area contributed by atoms with Crippen LogP contribution in [0.25, 0.3) is 10.1 Å². The summed E-state index contributed by atoms with van der Waals surface area (Å²) in [5.41, 5.74) is 4.23. The molecular formula is C19H19NOS. The van der Waals surface area contributed by atoms with Crippen LogP contribution in [0.3, 0.4) is 0 Å². The Morgan fingerprint density at radius 2 is 2.05 bits per heavy atom.